The highest BCUT2D eigenvalue weighted by molar-refractivity contribution is 5.30. The van der Waals surface area contributed by atoms with Crippen LogP contribution in [0.15, 0.2) is 24.3 Å². The summed E-state index contributed by atoms with van der Waals surface area (Å²) in [5, 5.41) is 9.94. The van der Waals surface area contributed by atoms with Gasteiger partial charge in [-0.2, -0.15) is 0 Å². The Hall–Kier alpha value is -1.23. The Bertz CT molecular complexity index is 399. The Morgan fingerprint density at radius 2 is 2.06 bits per heavy atom. The highest BCUT2D eigenvalue weighted by Crippen LogP contribution is 2.35. The Labute approximate surface area is 103 Å². The van der Waals surface area contributed by atoms with Gasteiger partial charge >= 0.3 is 6.36 Å². The molecule has 1 aromatic carbocycles. The van der Waals surface area contributed by atoms with E-state index in [1.807, 2.05) is 0 Å². The second-order valence-corrected chi connectivity index (χ2v) is 4.67. The molecule has 1 unspecified atom stereocenters. The van der Waals surface area contributed by atoms with Crippen LogP contribution >= 0.6 is 0 Å². The lowest BCUT2D eigenvalue weighted by Crippen LogP contribution is -2.17. The van der Waals surface area contributed by atoms with Crippen molar-refractivity contribution in [1.82, 2.24) is 0 Å². The first-order chi connectivity index (χ1) is 8.44. The third-order valence-corrected chi connectivity index (χ3v) is 3.26. The highest BCUT2D eigenvalue weighted by atomic mass is 19.4. The van der Waals surface area contributed by atoms with Crippen LogP contribution in [0.3, 0.4) is 0 Å². The Kier molecular flexibility index (Phi) is 3.80. The summed E-state index contributed by atoms with van der Waals surface area (Å²) in [5.74, 6) is 0.208. The fraction of sp³-hybridized carbons (Fsp3) is 0.538. The van der Waals surface area contributed by atoms with Gasteiger partial charge in [-0.05, 0) is 30.0 Å². The molecule has 0 aliphatic heterocycles. The zero-order valence-electron chi connectivity index (χ0n) is 9.78. The van der Waals surface area contributed by atoms with E-state index in [1.54, 1.807) is 6.07 Å². The number of aliphatic hydroxyl groups is 1. The fourth-order valence-corrected chi connectivity index (χ4v) is 2.10. The van der Waals surface area contributed by atoms with E-state index in [-0.39, 0.29) is 5.75 Å². The molecule has 0 saturated heterocycles. The maximum atomic E-state index is 12.1. The molecule has 5 heteroatoms. The van der Waals surface area contributed by atoms with Crippen LogP contribution in [-0.2, 0) is 0 Å². The molecule has 0 heterocycles. The lowest BCUT2D eigenvalue weighted by molar-refractivity contribution is -0.274. The molecule has 18 heavy (non-hydrogen) atoms. The summed E-state index contributed by atoms with van der Waals surface area (Å²) in [7, 11) is 0. The van der Waals surface area contributed by atoms with Gasteiger partial charge in [0.1, 0.15) is 5.75 Å². The predicted molar refractivity (Wildman–Crippen MR) is 60.0 cm³/mol. The van der Waals surface area contributed by atoms with Gasteiger partial charge in [-0.1, -0.05) is 31.4 Å². The van der Waals surface area contributed by atoms with Crippen molar-refractivity contribution in [2.45, 2.75) is 38.1 Å². The van der Waals surface area contributed by atoms with E-state index < -0.39 is 12.5 Å². The predicted octanol–water partition coefficient (Wildman–Crippen LogP) is 3.81. The second-order valence-electron chi connectivity index (χ2n) is 4.67. The summed E-state index contributed by atoms with van der Waals surface area (Å²) in [4.78, 5) is 0. The van der Waals surface area contributed by atoms with E-state index in [9.17, 15) is 18.3 Å². The molecule has 1 aliphatic rings. The van der Waals surface area contributed by atoms with Gasteiger partial charge in [0, 0.05) is 0 Å². The summed E-state index contributed by atoms with van der Waals surface area (Å²) in [5.41, 5.74) is 0.476. The molecule has 0 aromatic heterocycles. The number of aliphatic hydroxyl groups excluding tert-OH is 1. The highest BCUT2D eigenvalue weighted by Gasteiger charge is 2.31. The molecule has 0 radical (unpaired) electrons. The molecule has 1 aliphatic carbocycles. The molecule has 1 saturated carbocycles. The minimum atomic E-state index is -4.70. The summed E-state index contributed by atoms with van der Waals surface area (Å²) in [6.45, 7) is 0. The summed E-state index contributed by atoms with van der Waals surface area (Å²) >= 11 is 0. The van der Waals surface area contributed by atoms with Crippen molar-refractivity contribution >= 4 is 0 Å². The number of halogens is 3. The number of ether oxygens (including phenoxy) is 1. The quantitative estimate of drug-likeness (QED) is 0.892. The Morgan fingerprint density at radius 1 is 1.33 bits per heavy atom. The van der Waals surface area contributed by atoms with Gasteiger partial charge in [0.2, 0.25) is 0 Å². The van der Waals surface area contributed by atoms with Crippen LogP contribution in [0.25, 0.3) is 0 Å². The number of alkyl halides is 3. The Morgan fingerprint density at radius 3 is 2.61 bits per heavy atom. The average Bonchev–Trinajstić information content (AvgIpc) is 2.21. The molecule has 1 aromatic rings. The maximum Gasteiger partial charge on any atom is 0.573 e. The van der Waals surface area contributed by atoms with Gasteiger partial charge in [-0.15, -0.1) is 13.2 Å². The largest absolute Gasteiger partial charge is 0.573 e. The van der Waals surface area contributed by atoms with Crippen LogP contribution in [0.4, 0.5) is 13.2 Å². The number of hydrogen-bond acceptors (Lipinski definition) is 2. The summed E-state index contributed by atoms with van der Waals surface area (Å²) in [6, 6.07) is 5.55. The molecule has 0 amide bonds. The van der Waals surface area contributed by atoms with Gasteiger partial charge in [-0.25, -0.2) is 0 Å². The zero-order chi connectivity index (χ0) is 13.2. The molecular formula is C13H15F3O2. The fourth-order valence-electron chi connectivity index (χ4n) is 2.10. The number of benzene rings is 1. The number of rotatable bonds is 4. The lowest BCUT2D eigenvalue weighted by Gasteiger charge is -2.27. The topological polar surface area (TPSA) is 29.5 Å². The first-order valence-electron chi connectivity index (χ1n) is 5.98. The van der Waals surface area contributed by atoms with Crippen LogP contribution in [0.1, 0.15) is 37.4 Å². The van der Waals surface area contributed by atoms with Crippen LogP contribution in [0, 0.1) is 5.92 Å². The Balaban J connectivity index is 2.01. The molecule has 100 valence electrons. The van der Waals surface area contributed by atoms with Crippen molar-refractivity contribution in [1.29, 1.82) is 0 Å². The van der Waals surface area contributed by atoms with Crippen molar-refractivity contribution < 1.29 is 23.0 Å². The molecule has 2 rings (SSSR count). The normalized spacial score (nSPS) is 18.2. The summed E-state index contributed by atoms with van der Waals surface area (Å²) in [6.07, 6.45) is -1.44. The van der Waals surface area contributed by atoms with Gasteiger partial charge in [0.05, 0.1) is 6.10 Å². The van der Waals surface area contributed by atoms with Gasteiger partial charge in [0.15, 0.2) is 0 Å². The van der Waals surface area contributed by atoms with Gasteiger partial charge in [0.25, 0.3) is 0 Å². The van der Waals surface area contributed by atoms with Crippen molar-refractivity contribution in [3.8, 4) is 5.75 Å². The maximum absolute atomic E-state index is 12.1. The first kappa shape index (κ1) is 13.2. The van der Waals surface area contributed by atoms with E-state index in [0.717, 1.165) is 12.8 Å². The molecule has 0 bridgehead atoms. The standard InChI is InChI=1S/C13H15F3O2/c14-13(15,16)18-11-6-2-5-10(8-11)12(17)7-9-3-1-4-9/h2,5-6,8-9,12,17H,1,3-4,7H2. The molecule has 1 N–H and O–H groups in total. The molecule has 1 fully saturated rings. The van der Waals surface area contributed by atoms with Crippen molar-refractivity contribution in [2.24, 2.45) is 5.92 Å². The third kappa shape index (κ3) is 3.63. The zero-order valence-corrected chi connectivity index (χ0v) is 9.78. The van der Waals surface area contributed by atoms with Crippen LogP contribution in [0.2, 0.25) is 0 Å². The minimum Gasteiger partial charge on any atom is -0.406 e. The van der Waals surface area contributed by atoms with Crippen LogP contribution in [-0.4, -0.2) is 11.5 Å². The average molecular weight is 260 g/mol. The smallest absolute Gasteiger partial charge is 0.406 e. The minimum absolute atomic E-state index is 0.285. The van der Waals surface area contributed by atoms with Gasteiger partial charge in [-0.3, -0.25) is 0 Å². The summed E-state index contributed by atoms with van der Waals surface area (Å²) < 4.78 is 40.0. The van der Waals surface area contributed by atoms with Crippen molar-refractivity contribution in [3.05, 3.63) is 29.8 Å². The monoisotopic (exact) mass is 260 g/mol. The van der Waals surface area contributed by atoms with Crippen molar-refractivity contribution in [3.63, 3.8) is 0 Å². The van der Waals surface area contributed by atoms with Crippen LogP contribution < -0.4 is 4.74 Å². The first-order valence-corrected chi connectivity index (χ1v) is 5.98. The van der Waals surface area contributed by atoms with Crippen molar-refractivity contribution in [2.75, 3.05) is 0 Å². The third-order valence-electron chi connectivity index (χ3n) is 3.26. The van der Waals surface area contributed by atoms with E-state index in [0.29, 0.717) is 17.9 Å². The molecular weight excluding hydrogens is 245 g/mol. The van der Waals surface area contributed by atoms with Crippen LogP contribution in [0.5, 0.6) is 5.75 Å². The lowest BCUT2D eigenvalue weighted by atomic mass is 9.80. The molecule has 1 atom stereocenters. The molecule has 0 spiro atoms. The van der Waals surface area contributed by atoms with E-state index in [1.165, 1.54) is 24.6 Å². The van der Waals surface area contributed by atoms with E-state index >= 15 is 0 Å². The number of hydrogen-bond donors (Lipinski definition) is 1. The van der Waals surface area contributed by atoms with E-state index in [2.05, 4.69) is 4.74 Å². The SMILES string of the molecule is OC(CC1CCC1)c1cccc(OC(F)(F)F)c1. The van der Waals surface area contributed by atoms with E-state index in [4.69, 9.17) is 0 Å². The molecule has 2 nitrogen and oxygen atoms in total. The second kappa shape index (κ2) is 5.18. The van der Waals surface area contributed by atoms with Gasteiger partial charge < -0.3 is 9.84 Å².